The molecule has 1 aliphatic heterocycles. The normalized spacial score (nSPS) is 39.5. The van der Waals surface area contributed by atoms with Gasteiger partial charge in [-0.25, -0.2) is 0 Å². The van der Waals surface area contributed by atoms with Crippen molar-refractivity contribution in [3.8, 4) is 0 Å². The fourth-order valence-corrected chi connectivity index (χ4v) is 13.9. The number of allylic oxidation sites excluding steroid dienone is 13. The van der Waals surface area contributed by atoms with Crippen LogP contribution in [0.1, 0.15) is 128 Å². The molecule has 0 nitrogen and oxygen atoms in total. The maximum absolute atomic E-state index is 2.99. The van der Waals surface area contributed by atoms with Crippen LogP contribution >= 0.6 is 11.8 Å². The van der Waals surface area contributed by atoms with E-state index < -0.39 is 0 Å². The summed E-state index contributed by atoms with van der Waals surface area (Å²) in [6.45, 7) is 0. The first-order valence-corrected chi connectivity index (χ1v) is 19.8. The first-order chi connectivity index (χ1) is 21.3. The molecule has 2 fully saturated rings. The van der Waals surface area contributed by atoms with Crippen LogP contribution in [-0.2, 0) is 0 Å². The number of fused-ring (bicyclic) bond motifs is 4. The number of rotatable bonds is 3. The fraction of sp³-hybridized carbons (Fsp3) is 0.667. The SMILES string of the molecule is C1=CC2=C(CC1)C(C1C3CCCC=C3C(C3CCCCC3)C3C=C(C4=C5C6=C(CCCC6)SC5CC=C4)CCC31)CCC2. The van der Waals surface area contributed by atoms with E-state index in [1.165, 1.54) is 128 Å². The second-order valence-electron chi connectivity index (χ2n) is 15.9. The van der Waals surface area contributed by atoms with Crippen molar-refractivity contribution in [3.63, 3.8) is 0 Å². The molecule has 7 atom stereocenters. The van der Waals surface area contributed by atoms with Gasteiger partial charge in [-0.3, -0.25) is 0 Å². The molecule has 1 heterocycles. The van der Waals surface area contributed by atoms with Crippen LogP contribution in [0.2, 0.25) is 0 Å². The van der Waals surface area contributed by atoms with Gasteiger partial charge in [0.05, 0.1) is 0 Å². The molecule has 0 bridgehead atoms. The highest BCUT2D eigenvalue weighted by Crippen LogP contribution is 2.62. The number of thioether (sulfide) groups is 1. The first kappa shape index (κ1) is 27.8. The Hall–Kier alpha value is -1.47. The lowest BCUT2D eigenvalue weighted by Crippen LogP contribution is -2.49. The second-order valence-corrected chi connectivity index (χ2v) is 17.2. The van der Waals surface area contributed by atoms with Gasteiger partial charge in [0.15, 0.2) is 0 Å². The molecule has 0 aromatic rings. The second kappa shape index (κ2) is 11.7. The van der Waals surface area contributed by atoms with Gasteiger partial charge in [0.1, 0.15) is 0 Å². The number of hydrogen-bond acceptors (Lipinski definition) is 1. The van der Waals surface area contributed by atoms with Gasteiger partial charge in [-0.05, 0) is 183 Å². The lowest BCUT2D eigenvalue weighted by molar-refractivity contribution is 0.0251. The standard InChI is InChI=1S/C42H54S/c1-2-13-28(14-3-1)40-33-17-6-7-18-34(33)41(32-21-10-15-27-12-4-5-16-30(27)32)35-25-24-29(26-37(35)40)31-20-11-23-39-42(31)36-19-8-9-22-38(36)43-39/h4,11-12,17,20,26,28,32,34-35,37,39-41H,1-3,5-10,13-16,18-19,21-25H2. The van der Waals surface area contributed by atoms with Crippen LogP contribution in [-0.4, -0.2) is 5.25 Å². The Balaban J connectivity index is 1.16. The van der Waals surface area contributed by atoms with E-state index in [1.807, 2.05) is 11.1 Å². The van der Waals surface area contributed by atoms with E-state index in [9.17, 15) is 0 Å². The molecule has 9 aliphatic rings. The Morgan fingerprint density at radius 3 is 2.56 bits per heavy atom. The zero-order valence-electron chi connectivity index (χ0n) is 26.6. The lowest BCUT2D eigenvalue weighted by atomic mass is 9.47. The summed E-state index contributed by atoms with van der Waals surface area (Å²) in [5.74, 6) is 6.08. The molecule has 0 spiro atoms. The van der Waals surface area contributed by atoms with Gasteiger partial charge >= 0.3 is 0 Å². The first-order valence-electron chi connectivity index (χ1n) is 18.9. The van der Waals surface area contributed by atoms with Crippen LogP contribution in [0, 0.1) is 41.4 Å². The van der Waals surface area contributed by atoms with Crippen molar-refractivity contribution in [2.75, 3.05) is 0 Å². The summed E-state index contributed by atoms with van der Waals surface area (Å²) < 4.78 is 0. The third kappa shape index (κ3) is 4.75. The minimum atomic E-state index is 0.715. The topological polar surface area (TPSA) is 0 Å². The summed E-state index contributed by atoms with van der Waals surface area (Å²) in [5, 5.41) is 0.715. The highest BCUT2D eigenvalue weighted by atomic mass is 32.2. The van der Waals surface area contributed by atoms with Gasteiger partial charge in [-0.2, -0.15) is 0 Å². The molecule has 0 N–H and O–H groups in total. The molecule has 43 heavy (non-hydrogen) atoms. The predicted octanol–water partition coefficient (Wildman–Crippen LogP) is 12.1. The molecule has 0 saturated heterocycles. The van der Waals surface area contributed by atoms with E-state index >= 15 is 0 Å². The van der Waals surface area contributed by atoms with Crippen LogP contribution in [0.5, 0.6) is 0 Å². The van der Waals surface area contributed by atoms with Gasteiger partial charge < -0.3 is 0 Å². The van der Waals surface area contributed by atoms with Crippen LogP contribution in [0.25, 0.3) is 0 Å². The maximum atomic E-state index is 2.99. The fourth-order valence-electron chi connectivity index (χ4n) is 12.3. The molecule has 7 unspecified atom stereocenters. The van der Waals surface area contributed by atoms with Gasteiger partial charge in [-0.15, -0.1) is 11.8 Å². The van der Waals surface area contributed by atoms with Crippen LogP contribution < -0.4 is 0 Å². The Bertz CT molecular complexity index is 1350. The average molecular weight is 591 g/mol. The molecule has 0 radical (unpaired) electrons. The predicted molar refractivity (Wildman–Crippen MR) is 184 cm³/mol. The quantitative estimate of drug-likeness (QED) is 0.295. The summed E-state index contributed by atoms with van der Waals surface area (Å²) >= 11 is 2.26. The van der Waals surface area contributed by atoms with Crippen molar-refractivity contribution >= 4 is 11.8 Å². The average Bonchev–Trinajstić information content (AvgIpc) is 3.46. The molecule has 1 heteroatoms. The zero-order chi connectivity index (χ0) is 28.3. The molecule has 8 aliphatic carbocycles. The molecule has 0 amide bonds. The summed E-state index contributed by atoms with van der Waals surface area (Å²) in [6, 6.07) is 0. The van der Waals surface area contributed by atoms with E-state index in [2.05, 4.69) is 48.2 Å². The van der Waals surface area contributed by atoms with Gasteiger partial charge in [0.2, 0.25) is 0 Å². The van der Waals surface area contributed by atoms with Crippen molar-refractivity contribution in [3.05, 3.63) is 80.4 Å². The molecule has 9 rings (SSSR count). The van der Waals surface area contributed by atoms with Crippen molar-refractivity contribution < 1.29 is 0 Å². The van der Waals surface area contributed by atoms with Gasteiger partial charge in [0, 0.05) is 5.25 Å². The Morgan fingerprint density at radius 2 is 1.60 bits per heavy atom. The van der Waals surface area contributed by atoms with E-state index in [-0.39, 0.29) is 0 Å². The van der Waals surface area contributed by atoms with Crippen LogP contribution in [0.4, 0.5) is 0 Å². The third-order valence-corrected chi connectivity index (χ3v) is 15.3. The summed E-state index contributed by atoms with van der Waals surface area (Å²) in [4.78, 5) is 1.78. The minimum Gasteiger partial charge on any atom is -0.122 e. The van der Waals surface area contributed by atoms with E-state index in [0.29, 0.717) is 5.25 Å². The van der Waals surface area contributed by atoms with Crippen molar-refractivity contribution in [1.82, 2.24) is 0 Å². The number of hydrogen-bond donors (Lipinski definition) is 0. The highest BCUT2D eigenvalue weighted by Gasteiger charge is 2.53. The summed E-state index contributed by atoms with van der Waals surface area (Å²) in [5.41, 5.74) is 12.8. The Kier molecular flexibility index (Phi) is 7.58. The lowest BCUT2D eigenvalue weighted by Gasteiger charge is -2.57. The third-order valence-electron chi connectivity index (χ3n) is 13.9. The minimum absolute atomic E-state index is 0.715. The Morgan fingerprint density at radius 1 is 0.698 bits per heavy atom. The molecular formula is C42H54S. The van der Waals surface area contributed by atoms with Crippen LogP contribution in [0.3, 0.4) is 0 Å². The molecular weight excluding hydrogens is 537 g/mol. The van der Waals surface area contributed by atoms with E-state index in [1.54, 1.807) is 32.8 Å². The molecule has 2 saturated carbocycles. The summed E-state index contributed by atoms with van der Waals surface area (Å²) in [6.07, 6.45) is 44.2. The summed E-state index contributed by atoms with van der Waals surface area (Å²) in [7, 11) is 0. The van der Waals surface area contributed by atoms with Crippen molar-refractivity contribution in [2.24, 2.45) is 41.4 Å². The van der Waals surface area contributed by atoms with E-state index in [4.69, 9.17) is 0 Å². The molecule has 0 aromatic heterocycles. The maximum Gasteiger partial charge on any atom is 0.0384 e. The molecule has 0 aromatic carbocycles. The van der Waals surface area contributed by atoms with Crippen molar-refractivity contribution in [1.29, 1.82) is 0 Å². The van der Waals surface area contributed by atoms with Crippen molar-refractivity contribution in [2.45, 2.75) is 134 Å². The smallest absolute Gasteiger partial charge is 0.0384 e. The molecule has 228 valence electrons. The van der Waals surface area contributed by atoms with Gasteiger partial charge in [-0.1, -0.05) is 66.9 Å². The monoisotopic (exact) mass is 590 g/mol. The van der Waals surface area contributed by atoms with Crippen LogP contribution in [0.15, 0.2) is 80.4 Å². The highest BCUT2D eigenvalue weighted by molar-refractivity contribution is 8.04. The Labute approximate surface area is 266 Å². The van der Waals surface area contributed by atoms with E-state index in [0.717, 1.165) is 41.4 Å². The van der Waals surface area contributed by atoms with Gasteiger partial charge in [0.25, 0.3) is 0 Å². The largest absolute Gasteiger partial charge is 0.122 e. The zero-order valence-corrected chi connectivity index (χ0v) is 27.4.